The van der Waals surface area contributed by atoms with E-state index in [4.69, 9.17) is 21.1 Å². The van der Waals surface area contributed by atoms with Gasteiger partial charge in [-0.05, 0) is 42.7 Å². The number of hydrogen-bond donors (Lipinski definition) is 2. The molecule has 1 aliphatic rings. The second kappa shape index (κ2) is 9.83. The highest BCUT2D eigenvalue weighted by Gasteiger charge is 2.34. The molecule has 0 fully saturated rings. The van der Waals surface area contributed by atoms with Gasteiger partial charge in [0.1, 0.15) is 18.2 Å². The third-order valence-corrected chi connectivity index (χ3v) is 5.19. The molecule has 2 aromatic carbocycles. The summed E-state index contributed by atoms with van der Waals surface area (Å²) in [6, 6.07) is 10.3. The molecule has 0 aliphatic carbocycles. The Morgan fingerprint density at radius 1 is 1.19 bits per heavy atom. The van der Waals surface area contributed by atoms with Gasteiger partial charge in [0.15, 0.2) is 0 Å². The van der Waals surface area contributed by atoms with E-state index in [1.165, 1.54) is 12.1 Å². The number of nitrogens with one attached hydrogen (secondary N) is 2. The van der Waals surface area contributed by atoms with Crippen LogP contribution in [0.1, 0.15) is 37.9 Å². The number of carbonyl (C=O) groups excluding carboxylic acids is 2. The van der Waals surface area contributed by atoms with E-state index >= 15 is 0 Å². The van der Waals surface area contributed by atoms with Crippen molar-refractivity contribution in [3.05, 3.63) is 75.7 Å². The molecule has 0 bridgehead atoms. The SMILES string of the molecule is CCOC(=O)C1=C(C(C)C)NC(=O)NC1c1ccc(OCc2c(F)cccc2Cl)cc1. The van der Waals surface area contributed by atoms with Crippen molar-refractivity contribution in [3.63, 3.8) is 0 Å². The maximum atomic E-state index is 13.9. The number of benzene rings is 2. The summed E-state index contributed by atoms with van der Waals surface area (Å²) in [5.74, 6) is -0.514. The normalized spacial score (nSPS) is 16.1. The van der Waals surface area contributed by atoms with Gasteiger partial charge in [-0.3, -0.25) is 0 Å². The fraction of sp³-hybridized carbons (Fsp3) is 0.304. The zero-order valence-corrected chi connectivity index (χ0v) is 18.3. The Hall–Kier alpha value is -3.06. The van der Waals surface area contributed by atoms with Crippen LogP contribution < -0.4 is 15.4 Å². The van der Waals surface area contributed by atoms with Crippen molar-refractivity contribution < 1.29 is 23.5 Å². The molecule has 8 heteroatoms. The van der Waals surface area contributed by atoms with Gasteiger partial charge in [0.2, 0.25) is 0 Å². The highest BCUT2D eigenvalue weighted by molar-refractivity contribution is 6.31. The average Bonchev–Trinajstić information content (AvgIpc) is 2.73. The number of urea groups is 1. The van der Waals surface area contributed by atoms with E-state index in [0.717, 1.165) is 0 Å². The molecular formula is C23H24ClFN2O4. The zero-order chi connectivity index (χ0) is 22.5. The number of amides is 2. The molecular weight excluding hydrogens is 423 g/mol. The van der Waals surface area contributed by atoms with Gasteiger partial charge < -0.3 is 20.1 Å². The molecule has 3 rings (SSSR count). The first-order valence-corrected chi connectivity index (χ1v) is 10.3. The molecule has 2 amide bonds. The van der Waals surface area contributed by atoms with Gasteiger partial charge in [0.25, 0.3) is 0 Å². The van der Waals surface area contributed by atoms with Gasteiger partial charge >= 0.3 is 12.0 Å². The van der Waals surface area contributed by atoms with Crippen molar-refractivity contribution >= 4 is 23.6 Å². The zero-order valence-electron chi connectivity index (χ0n) is 17.5. The van der Waals surface area contributed by atoms with Crippen molar-refractivity contribution in [3.8, 4) is 5.75 Å². The number of allylic oxidation sites excluding steroid dienone is 1. The number of ether oxygens (including phenoxy) is 2. The number of carbonyl (C=O) groups is 2. The lowest BCUT2D eigenvalue weighted by molar-refractivity contribution is -0.139. The highest BCUT2D eigenvalue weighted by atomic mass is 35.5. The predicted octanol–water partition coefficient (Wildman–Crippen LogP) is 4.89. The summed E-state index contributed by atoms with van der Waals surface area (Å²) >= 11 is 6.03. The van der Waals surface area contributed by atoms with Gasteiger partial charge in [-0.15, -0.1) is 0 Å². The molecule has 164 valence electrons. The first kappa shape index (κ1) is 22.6. The van der Waals surface area contributed by atoms with E-state index in [1.54, 1.807) is 37.3 Å². The molecule has 0 saturated heterocycles. The summed E-state index contributed by atoms with van der Waals surface area (Å²) in [6.45, 7) is 5.70. The lowest BCUT2D eigenvalue weighted by Crippen LogP contribution is -2.47. The number of rotatable bonds is 7. The second-order valence-corrected chi connectivity index (χ2v) is 7.70. The summed E-state index contributed by atoms with van der Waals surface area (Å²) in [6.07, 6.45) is 0. The fourth-order valence-electron chi connectivity index (χ4n) is 3.31. The molecule has 2 aromatic rings. The maximum absolute atomic E-state index is 13.9. The van der Waals surface area contributed by atoms with Crippen molar-refractivity contribution in [1.29, 1.82) is 0 Å². The van der Waals surface area contributed by atoms with Crippen molar-refractivity contribution in [1.82, 2.24) is 10.6 Å². The lowest BCUT2D eigenvalue weighted by atomic mass is 9.91. The fourth-order valence-corrected chi connectivity index (χ4v) is 3.53. The van der Waals surface area contributed by atoms with Crippen LogP contribution in [0.15, 0.2) is 53.7 Å². The van der Waals surface area contributed by atoms with Crippen LogP contribution in [-0.2, 0) is 16.1 Å². The largest absolute Gasteiger partial charge is 0.489 e. The number of esters is 1. The van der Waals surface area contributed by atoms with Gasteiger partial charge in [0, 0.05) is 11.3 Å². The van der Waals surface area contributed by atoms with Crippen LogP contribution in [0.4, 0.5) is 9.18 Å². The van der Waals surface area contributed by atoms with Crippen LogP contribution in [0.5, 0.6) is 5.75 Å². The predicted molar refractivity (Wildman–Crippen MR) is 115 cm³/mol. The van der Waals surface area contributed by atoms with Crippen LogP contribution in [0.25, 0.3) is 0 Å². The Bertz CT molecular complexity index is 985. The summed E-state index contributed by atoms with van der Waals surface area (Å²) < 4.78 is 24.8. The summed E-state index contributed by atoms with van der Waals surface area (Å²) in [4.78, 5) is 24.8. The van der Waals surface area contributed by atoms with Crippen LogP contribution in [0, 0.1) is 11.7 Å². The topological polar surface area (TPSA) is 76.7 Å². The quantitative estimate of drug-likeness (QED) is 0.594. The molecule has 1 unspecified atom stereocenters. The van der Waals surface area contributed by atoms with E-state index in [9.17, 15) is 14.0 Å². The summed E-state index contributed by atoms with van der Waals surface area (Å²) in [5.41, 5.74) is 1.85. The third-order valence-electron chi connectivity index (χ3n) is 4.83. The first-order valence-electron chi connectivity index (χ1n) is 9.96. The average molecular weight is 447 g/mol. The van der Waals surface area contributed by atoms with Crippen LogP contribution in [0.3, 0.4) is 0 Å². The minimum atomic E-state index is -0.666. The maximum Gasteiger partial charge on any atom is 0.338 e. The van der Waals surface area contributed by atoms with E-state index in [-0.39, 0.29) is 24.7 Å². The Kier molecular flexibility index (Phi) is 7.17. The van der Waals surface area contributed by atoms with Crippen molar-refractivity contribution in [2.24, 2.45) is 5.92 Å². The minimum absolute atomic E-state index is 0.0274. The first-order chi connectivity index (χ1) is 14.8. The lowest BCUT2D eigenvalue weighted by Gasteiger charge is -2.31. The van der Waals surface area contributed by atoms with Crippen LogP contribution in [-0.4, -0.2) is 18.6 Å². The Balaban J connectivity index is 1.84. The third kappa shape index (κ3) is 5.17. The molecule has 1 aliphatic heterocycles. The highest BCUT2D eigenvalue weighted by Crippen LogP contribution is 2.31. The second-order valence-electron chi connectivity index (χ2n) is 7.29. The monoisotopic (exact) mass is 446 g/mol. The van der Waals surface area contributed by atoms with E-state index in [0.29, 0.717) is 27.6 Å². The molecule has 31 heavy (non-hydrogen) atoms. The molecule has 1 heterocycles. The summed E-state index contributed by atoms with van der Waals surface area (Å²) in [7, 11) is 0. The molecule has 0 aromatic heterocycles. The Morgan fingerprint density at radius 2 is 1.90 bits per heavy atom. The van der Waals surface area contributed by atoms with Crippen LogP contribution in [0.2, 0.25) is 5.02 Å². The van der Waals surface area contributed by atoms with Gasteiger partial charge in [0.05, 0.1) is 23.2 Å². The molecule has 0 radical (unpaired) electrons. The van der Waals surface area contributed by atoms with Gasteiger partial charge in [-0.1, -0.05) is 43.6 Å². The van der Waals surface area contributed by atoms with E-state index in [1.807, 2.05) is 13.8 Å². The molecule has 0 saturated carbocycles. The van der Waals surface area contributed by atoms with E-state index in [2.05, 4.69) is 10.6 Å². The molecule has 1 atom stereocenters. The van der Waals surface area contributed by atoms with Crippen molar-refractivity contribution in [2.75, 3.05) is 6.61 Å². The number of halogens is 2. The Labute approximate surface area is 185 Å². The van der Waals surface area contributed by atoms with E-state index < -0.39 is 23.9 Å². The Morgan fingerprint density at radius 3 is 2.52 bits per heavy atom. The molecule has 0 spiro atoms. The minimum Gasteiger partial charge on any atom is -0.489 e. The molecule has 2 N–H and O–H groups in total. The standard InChI is InChI=1S/C23H24ClFN2O4/c1-4-30-22(28)19-20(13(2)3)26-23(29)27-21(19)14-8-10-15(11-9-14)31-12-16-17(24)6-5-7-18(16)25/h5-11,13,21H,4,12H2,1-3H3,(H2,26,27,29). The summed E-state index contributed by atoms with van der Waals surface area (Å²) in [5, 5.41) is 5.80. The van der Waals surface area contributed by atoms with Gasteiger partial charge in [-0.25, -0.2) is 14.0 Å². The number of hydrogen-bond acceptors (Lipinski definition) is 4. The smallest absolute Gasteiger partial charge is 0.338 e. The van der Waals surface area contributed by atoms with Crippen molar-refractivity contribution in [2.45, 2.75) is 33.4 Å². The van der Waals surface area contributed by atoms with Gasteiger partial charge in [-0.2, -0.15) is 0 Å². The molecule has 6 nitrogen and oxygen atoms in total. The van der Waals surface area contributed by atoms with Crippen LogP contribution >= 0.6 is 11.6 Å².